The number of carbonyl (C=O) groups excluding carboxylic acids is 4. The average molecular weight is 950 g/mol. The number of benzene rings is 2. The lowest BCUT2D eigenvalue weighted by atomic mass is 10.1. The molecule has 2 aromatic rings. The standard InChI is InChI=1S/C22H18F2I3N3O11S/c1-9(31)28(3)18-15(25)14(16(26)19(17(18)27)29(4)10(2)32)21(34)41-11-5-6-13(30(35)36)12(7-11)20(33)40-8-22(23,24)42(37,38)39/h5-7H,8H2,1-4H3,(H,37,38,39)/p-1. The Labute approximate surface area is 277 Å². The maximum Gasteiger partial charge on any atom is 0.367 e. The van der Waals surface area contributed by atoms with Gasteiger partial charge in [-0.05, 0) is 73.8 Å². The largest absolute Gasteiger partial charge is 0.743 e. The Morgan fingerprint density at radius 1 is 0.952 bits per heavy atom. The first-order chi connectivity index (χ1) is 19.1. The van der Waals surface area contributed by atoms with Gasteiger partial charge in [0.15, 0.2) is 16.7 Å². The smallest absolute Gasteiger partial charge is 0.367 e. The fourth-order valence-electron chi connectivity index (χ4n) is 3.08. The number of esters is 2. The number of ether oxygens (including phenoxy) is 2. The molecule has 0 atom stereocenters. The van der Waals surface area contributed by atoms with E-state index >= 15 is 0 Å². The van der Waals surface area contributed by atoms with Gasteiger partial charge in [-0.15, -0.1) is 0 Å². The number of carbonyl (C=O) groups is 4. The highest BCUT2D eigenvalue weighted by atomic mass is 127. The second-order valence-electron chi connectivity index (χ2n) is 8.16. The molecule has 0 bridgehead atoms. The summed E-state index contributed by atoms with van der Waals surface area (Å²) in [6.07, 6.45) is 0. The summed E-state index contributed by atoms with van der Waals surface area (Å²) in [7, 11) is -3.33. The molecule has 0 aliphatic rings. The molecule has 0 aliphatic heterocycles. The Kier molecular flexibility index (Phi) is 11.6. The van der Waals surface area contributed by atoms with Crippen LogP contribution in [0.25, 0.3) is 0 Å². The summed E-state index contributed by atoms with van der Waals surface area (Å²) in [5, 5.41) is 6.39. The van der Waals surface area contributed by atoms with Gasteiger partial charge in [0, 0.05) is 40.1 Å². The molecule has 0 fully saturated rings. The quantitative estimate of drug-likeness (QED) is 0.0885. The zero-order valence-corrected chi connectivity index (χ0v) is 28.9. The molecule has 2 amide bonds. The van der Waals surface area contributed by atoms with Crippen LogP contribution >= 0.6 is 67.8 Å². The fourth-order valence-corrected chi connectivity index (χ4v) is 8.34. The Morgan fingerprint density at radius 2 is 1.43 bits per heavy atom. The second kappa shape index (κ2) is 13.5. The highest BCUT2D eigenvalue weighted by Crippen LogP contribution is 2.42. The van der Waals surface area contributed by atoms with Crippen molar-refractivity contribution in [1.29, 1.82) is 0 Å². The van der Waals surface area contributed by atoms with Crippen LogP contribution in [0.15, 0.2) is 18.2 Å². The molecule has 0 saturated heterocycles. The van der Waals surface area contributed by atoms with E-state index in [2.05, 4.69) is 4.74 Å². The van der Waals surface area contributed by atoms with Crippen LogP contribution in [-0.4, -0.2) is 67.6 Å². The third-order valence-electron chi connectivity index (χ3n) is 5.42. The van der Waals surface area contributed by atoms with E-state index in [4.69, 9.17) is 4.74 Å². The van der Waals surface area contributed by atoms with Gasteiger partial charge in [-0.1, -0.05) is 0 Å². The van der Waals surface area contributed by atoms with Crippen molar-refractivity contribution in [2.45, 2.75) is 19.1 Å². The van der Waals surface area contributed by atoms with E-state index < -0.39 is 67.7 Å². The van der Waals surface area contributed by atoms with E-state index in [9.17, 15) is 51.0 Å². The van der Waals surface area contributed by atoms with Crippen molar-refractivity contribution < 1.29 is 55.3 Å². The summed E-state index contributed by atoms with van der Waals surface area (Å²) in [6.45, 7) is 0.323. The molecule has 0 unspecified atom stereocenters. The normalized spacial score (nSPS) is 11.5. The Bertz CT molecular complexity index is 1570. The van der Waals surface area contributed by atoms with Gasteiger partial charge in [0.1, 0.15) is 11.3 Å². The SMILES string of the molecule is CC(=O)N(C)c1c(I)c(C(=O)Oc2ccc([N+](=O)[O-])c(C(=O)OCC(F)(F)S(=O)(=O)[O-])c2)c(I)c(N(C)C(C)=O)c1I. The zero-order chi connectivity index (χ0) is 32.5. The molecule has 0 aliphatic carbocycles. The molecule has 20 heteroatoms. The summed E-state index contributed by atoms with van der Waals surface area (Å²) >= 11 is 5.51. The predicted molar refractivity (Wildman–Crippen MR) is 166 cm³/mol. The van der Waals surface area contributed by atoms with Gasteiger partial charge in [-0.25, -0.2) is 18.0 Å². The van der Waals surface area contributed by atoms with E-state index in [1.165, 1.54) is 37.7 Å². The van der Waals surface area contributed by atoms with Gasteiger partial charge >= 0.3 is 17.2 Å². The Morgan fingerprint density at radius 3 is 1.83 bits per heavy atom. The first kappa shape index (κ1) is 35.9. The van der Waals surface area contributed by atoms with E-state index in [-0.39, 0.29) is 24.1 Å². The summed E-state index contributed by atoms with van der Waals surface area (Å²) in [4.78, 5) is 63.0. The number of nitrogens with zero attached hydrogens (tertiary/aromatic N) is 3. The van der Waals surface area contributed by atoms with Crippen molar-refractivity contribution in [1.82, 2.24) is 0 Å². The molecule has 42 heavy (non-hydrogen) atoms. The number of hydrogen-bond donors (Lipinski definition) is 0. The van der Waals surface area contributed by atoms with Crippen molar-refractivity contribution in [2.75, 3.05) is 30.5 Å². The van der Waals surface area contributed by atoms with Gasteiger partial charge in [0.05, 0.1) is 32.6 Å². The number of halogens is 5. The topological polar surface area (TPSA) is 194 Å². The molecule has 2 aromatic carbocycles. The molecule has 0 saturated carbocycles. The highest BCUT2D eigenvalue weighted by molar-refractivity contribution is 14.1. The minimum atomic E-state index is -6.22. The molecule has 2 rings (SSSR count). The monoisotopic (exact) mass is 950 g/mol. The van der Waals surface area contributed by atoms with Crippen molar-refractivity contribution in [3.8, 4) is 5.75 Å². The van der Waals surface area contributed by atoms with E-state index in [0.29, 0.717) is 15.7 Å². The lowest BCUT2D eigenvalue weighted by molar-refractivity contribution is -0.385. The van der Waals surface area contributed by atoms with Crippen LogP contribution in [0.3, 0.4) is 0 Å². The first-order valence-electron chi connectivity index (χ1n) is 10.8. The number of amides is 2. The third kappa shape index (κ3) is 7.60. The summed E-state index contributed by atoms with van der Waals surface area (Å²) in [5.74, 6) is -4.20. The summed E-state index contributed by atoms with van der Waals surface area (Å²) in [6, 6.07) is 2.25. The highest BCUT2D eigenvalue weighted by Gasteiger charge is 2.40. The van der Waals surface area contributed by atoms with E-state index in [1.807, 2.05) is 22.6 Å². The lowest BCUT2D eigenvalue weighted by Crippen LogP contribution is -2.34. The number of alkyl halides is 2. The Balaban J connectivity index is 2.64. The van der Waals surface area contributed by atoms with Crippen molar-refractivity contribution in [3.05, 3.63) is 50.2 Å². The molecule has 0 aromatic heterocycles. The van der Waals surface area contributed by atoms with Gasteiger partial charge in [-0.3, -0.25) is 19.7 Å². The van der Waals surface area contributed by atoms with Crippen molar-refractivity contribution in [3.63, 3.8) is 0 Å². The molecule has 0 heterocycles. The number of nitro benzene ring substituents is 1. The lowest BCUT2D eigenvalue weighted by Gasteiger charge is -2.27. The van der Waals surface area contributed by atoms with Crippen LogP contribution in [0.1, 0.15) is 34.6 Å². The van der Waals surface area contributed by atoms with E-state index in [1.54, 1.807) is 45.2 Å². The Hall–Kier alpha value is -2.32. The molecule has 228 valence electrons. The number of anilines is 2. The molecule has 14 nitrogen and oxygen atoms in total. The van der Waals surface area contributed by atoms with Crippen LogP contribution in [0.5, 0.6) is 5.75 Å². The van der Waals surface area contributed by atoms with E-state index in [0.717, 1.165) is 6.07 Å². The molecule has 0 spiro atoms. The van der Waals surface area contributed by atoms with Crippen LogP contribution < -0.4 is 14.5 Å². The summed E-state index contributed by atoms with van der Waals surface area (Å²) < 4.78 is 69.3. The van der Waals surface area contributed by atoms with Gasteiger partial charge in [-0.2, -0.15) is 8.78 Å². The average Bonchev–Trinajstić information content (AvgIpc) is 2.85. The van der Waals surface area contributed by atoms with Gasteiger partial charge in [0.2, 0.25) is 11.8 Å². The van der Waals surface area contributed by atoms with Gasteiger partial charge in [0.25, 0.3) is 5.69 Å². The van der Waals surface area contributed by atoms with Crippen molar-refractivity contribution in [2.24, 2.45) is 0 Å². The maximum atomic E-state index is 13.5. The number of rotatable bonds is 9. The number of nitro groups is 1. The minimum Gasteiger partial charge on any atom is -0.743 e. The van der Waals surface area contributed by atoms with Crippen LogP contribution in [0, 0.1) is 20.8 Å². The van der Waals surface area contributed by atoms with Crippen molar-refractivity contribution >= 4 is 119 Å². The molecular weight excluding hydrogens is 933 g/mol. The molecular formula is C22H17F2I3N3O11S-. The first-order valence-corrected chi connectivity index (χ1v) is 15.5. The maximum absolute atomic E-state index is 13.5. The second-order valence-corrected chi connectivity index (χ2v) is 12.9. The fraction of sp³-hybridized carbons (Fsp3) is 0.273. The molecule has 0 radical (unpaired) electrons. The summed E-state index contributed by atoms with van der Waals surface area (Å²) in [5.41, 5.74) is -1.55. The zero-order valence-electron chi connectivity index (χ0n) is 21.6. The van der Waals surface area contributed by atoms with Gasteiger partial charge < -0.3 is 23.8 Å². The third-order valence-corrected chi connectivity index (χ3v) is 9.39. The van der Waals surface area contributed by atoms with Crippen LogP contribution in [-0.2, 0) is 24.4 Å². The predicted octanol–water partition coefficient (Wildman–Crippen LogP) is 3.89. The minimum absolute atomic E-state index is 0.120. The van der Waals surface area contributed by atoms with Crippen LogP contribution in [0.2, 0.25) is 0 Å². The molecule has 0 N–H and O–H groups in total. The number of hydrogen-bond acceptors (Lipinski definition) is 11. The van der Waals surface area contributed by atoms with Crippen LogP contribution in [0.4, 0.5) is 25.8 Å².